The van der Waals surface area contributed by atoms with Crippen molar-refractivity contribution in [3.05, 3.63) is 22.9 Å². The first kappa shape index (κ1) is 21.5. The highest BCUT2D eigenvalue weighted by molar-refractivity contribution is 6.07. The van der Waals surface area contributed by atoms with Crippen molar-refractivity contribution in [1.29, 1.82) is 0 Å². The molecule has 5 nitrogen and oxygen atoms in total. The summed E-state index contributed by atoms with van der Waals surface area (Å²) in [5, 5.41) is 0. The number of ether oxygens (including phenoxy) is 2. The molecule has 152 valence electrons. The topological polar surface area (TPSA) is 55.8 Å². The van der Waals surface area contributed by atoms with Gasteiger partial charge in [0.05, 0.1) is 25.4 Å². The lowest BCUT2D eigenvalue weighted by Crippen LogP contribution is -2.26. The number of likely N-dealkylation sites (tertiary alicyclic amines) is 1. The number of carbonyl (C=O) groups excluding carboxylic acids is 2. The quantitative estimate of drug-likeness (QED) is 0.677. The maximum Gasteiger partial charge on any atom is 0.340 e. The first-order valence-corrected chi connectivity index (χ1v) is 10.5. The second-order valence-corrected chi connectivity index (χ2v) is 7.48. The minimum absolute atomic E-state index is 0.378. The fourth-order valence-corrected chi connectivity index (χ4v) is 4.05. The standard InChI is InChI=1S/C22H35NO4/c1-26-21(24)18-14-10-8-6-4-3-5-7-9-11-15-19(20(18)22(25)27-2)23-16-12-13-17-23/h14H,3-13,15-17H2,1-2H3/b18-14+,20-19-. The lowest BCUT2D eigenvalue weighted by molar-refractivity contribution is -0.139. The Kier molecular flexibility index (Phi) is 9.43. The van der Waals surface area contributed by atoms with Gasteiger partial charge in [-0.2, -0.15) is 0 Å². The van der Waals surface area contributed by atoms with E-state index in [9.17, 15) is 9.59 Å². The van der Waals surface area contributed by atoms with Crippen LogP contribution in [0, 0.1) is 0 Å². The van der Waals surface area contributed by atoms with Gasteiger partial charge in [-0.3, -0.25) is 0 Å². The molecule has 0 N–H and O–H groups in total. The van der Waals surface area contributed by atoms with E-state index in [2.05, 4.69) is 4.90 Å². The highest BCUT2D eigenvalue weighted by Gasteiger charge is 2.29. The van der Waals surface area contributed by atoms with E-state index in [0.29, 0.717) is 11.1 Å². The number of methoxy groups -OCH3 is 2. The zero-order valence-electron chi connectivity index (χ0n) is 17.1. The van der Waals surface area contributed by atoms with Crippen LogP contribution in [0.4, 0.5) is 0 Å². The van der Waals surface area contributed by atoms with Gasteiger partial charge in [0.2, 0.25) is 0 Å². The number of esters is 2. The third-order valence-electron chi connectivity index (χ3n) is 5.56. The number of allylic oxidation sites excluding steroid dienone is 2. The molecule has 1 saturated heterocycles. The van der Waals surface area contributed by atoms with Crippen molar-refractivity contribution in [2.45, 2.75) is 77.0 Å². The summed E-state index contributed by atoms with van der Waals surface area (Å²) in [5.41, 5.74) is 1.76. The molecule has 1 heterocycles. The SMILES string of the molecule is COC(=O)C1=C(\N2CCCC2)CCCCCCCCCC/C=C\1C(=O)OC. The summed E-state index contributed by atoms with van der Waals surface area (Å²) in [6.07, 6.45) is 15.1. The molecule has 1 aliphatic heterocycles. The van der Waals surface area contributed by atoms with Crippen molar-refractivity contribution >= 4 is 11.9 Å². The minimum atomic E-state index is -0.445. The van der Waals surface area contributed by atoms with E-state index in [-0.39, 0.29) is 0 Å². The molecule has 0 aromatic carbocycles. The highest BCUT2D eigenvalue weighted by Crippen LogP contribution is 2.29. The molecular weight excluding hydrogens is 342 g/mol. The average Bonchev–Trinajstić information content (AvgIpc) is 3.22. The number of hydrogen-bond donors (Lipinski definition) is 0. The van der Waals surface area contributed by atoms with Crippen LogP contribution in [-0.4, -0.2) is 44.1 Å². The van der Waals surface area contributed by atoms with E-state index >= 15 is 0 Å². The van der Waals surface area contributed by atoms with Gasteiger partial charge in [-0.25, -0.2) is 9.59 Å². The van der Waals surface area contributed by atoms with Crippen molar-refractivity contribution in [3.8, 4) is 0 Å². The Morgan fingerprint density at radius 2 is 1.33 bits per heavy atom. The van der Waals surface area contributed by atoms with Crippen molar-refractivity contribution in [2.24, 2.45) is 0 Å². The third-order valence-corrected chi connectivity index (χ3v) is 5.56. The Morgan fingerprint density at radius 1 is 0.778 bits per heavy atom. The molecule has 5 heteroatoms. The molecule has 0 atom stereocenters. The zero-order chi connectivity index (χ0) is 19.5. The van der Waals surface area contributed by atoms with Crippen molar-refractivity contribution in [1.82, 2.24) is 4.90 Å². The summed E-state index contributed by atoms with van der Waals surface area (Å²) < 4.78 is 10.1. The Hall–Kier alpha value is -1.78. The van der Waals surface area contributed by atoms with E-state index in [4.69, 9.17) is 9.47 Å². The summed E-state index contributed by atoms with van der Waals surface area (Å²) in [6.45, 7) is 1.87. The normalized spacial score (nSPS) is 25.3. The zero-order valence-corrected chi connectivity index (χ0v) is 17.1. The van der Waals surface area contributed by atoms with Gasteiger partial charge in [0, 0.05) is 18.8 Å². The maximum atomic E-state index is 12.7. The number of carbonyl (C=O) groups is 2. The maximum absolute atomic E-state index is 12.7. The molecule has 0 aromatic rings. The fraction of sp³-hybridized carbons (Fsp3) is 0.727. The Balaban J connectivity index is 2.46. The summed E-state index contributed by atoms with van der Waals surface area (Å²) in [7, 11) is 2.76. The molecule has 1 aliphatic carbocycles. The minimum Gasteiger partial charge on any atom is -0.465 e. The monoisotopic (exact) mass is 377 g/mol. The summed E-state index contributed by atoms with van der Waals surface area (Å²) in [6, 6.07) is 0. The van der Waals surface area contributed by atoms with Crippen molar-refractivity contribution in [3.63, 3.8) is 0 Å². The van der Waals surface area contributed by atoms with Crippen LogP contribution in [-0.2, 0) is 19.1 Å². The molecule has 0 amide bonds. The van der Waals surface area contributed by atoms with Gasteiger partial charge in [-0.05, 0) is 38.5 Å². The Bertz CT molecular complexity index is 559. The van der Waals surface area contributed by atoms with Crippen LogP contribution in [0.5, 0.6) is 0 Å². The van der Waals surface area contributed by atoms with E-state index in [1.807, 2.05) is 6.08 Å². The van der Waals surface area contributed by atoms with Crippen molar-refractivity contribution in [2.75, 3.05) is 27.3 Å². The summed E-state index contributed by atoms with van der Waals surface area (Å²) >= 11 is 0. The molecule has 0 radical (unpaired) electrons. The highest BCUT2D eigenvalue weighted by atomic mass is 16.5. The molecule has 0 aromatic heterocycles. The van der Waals surface area contributed by atoms with Gasteiger partial charge in [0.15, 0.2) is 0 Å². The molecule has 0 saturated carbocycles. The molecule has 0 unspecified atom stereocenters. The number of hydrogen-bond acceptors (Lipinski definition) is 5. The van der Waals surface area contributed by atoms with Gasteiger partial charge in [0.25, 0.3) is 0 Å². The van der Waals surface area contributed by atoms with Crippen LogP contribution < -0.4 is 0 Å². The second-order valence-electron chi connectivity index (χ2n) is 7.48. The predicted octanol–water partition coefficient (Wildman–Crippen LogP) is 4.52. The van der Waals surface area contributed by atoms with Crippen LogP contribution in [0.25, 0.3) is 0 Å². The molecular formula is C22H35NO4. The van der Waals surface area contributed by atoms with E-state index < -0.39 is 11.9 Å². The predicted molar refractivity (Wildman–Crippen MR) is 106 cm³/mol. The van der Waals surface area contributed by atoms with Gasteiger partial charge < -0.3 is 14.4 Å². The first-order chi connectivity index (χ1) is 13.2. The van der Waals surface area contributed by atoms with E-state index in [1.165, 1.54) is 39.9 Å². The van der Waals surface area contributed by atoms with Gasteiger partial charge in [-0.1, -0.05) is 44.6 Å². The average molecular weight is 378 g/mol. The van der Waals surface area contributed by atoms with Gasteiger partial charge in [0.1, 0.15) is 0 Å². The summed E-state index contributed by atoms with van der Waals surface area (Å²) in [4.78, 5) is 27.6. The molecule has 0 bridgehead atoms. The molecule has 1 fully saturated rings. The van der Waals surface area contributed by atoms with Crippen LogP contribution in [0.15, 0.2) is 22.9 Å². The van der Waals surface area contributed by atoms with E-state index in [1.54, 1.807) is 0 Å². The molecule has 27 heavy (non-hydrogen) atoms. The van der Waals surface area contributed by atoms with Crippen LogP contribution in [0.3, 0.4) is 0 Å². The largest absolute Gasteiger partial charge is 0.465 e. The molecule has 0 spiro atoms. The van der Waals surface area contributed by atoms with Crippen LogP contribution in [0.1, 0.15) is 77.0 Å². The van der Waals surface area contributed by atoms with Crippen LogP contribution in [0.2, 0.25) is 0 Å². The van der Waals surface area contributed by atoms with Gasteiger partial charge >= 0.3 is 11.9 Å². The fourth-order valence-electron chi connectivity index (χ4n) is 4.05. The summed E-state index contributed by atoms with van der Waals surface area (Å²) in [5.74, 6) is -0.875. The second kappa shape index (κ2) is 11.8. The van der Waals surface area contributed by atoms with Crippen LogP contribution >= 0.6 is 0 Å². The van der Waals surface area contributed by atoms with Crippen molar-refractivity contribution < 1.29 is 19.1 Å². The Labute approximate surface area is 163 Å². The lowest BCUT2D eigenvalue weighted by atomic mass is 9.96. The molecule has 2 rings (SSSR count). The number of rotatable bonds is 3. The van der Waals surface area contributed by atoms with E-state index in [0.717, 1.165) is 70.2 Å². The molecule has 2 aliphatic rings. The van der Waals surface area contributed by atoms with Gasteiger partial charge in [-0.15, -0.1) is 0 Å². The Morgan fingerprint density at radius 3 is 1.93 bits per heavy atom. The lowest BCUT2D eigenvalue weighted by Gasteiger charge is -2.25. The number of nitrogens with zero attached hydrogens (tertiary/aromatic N) is 1. The third kappa shape index (κ3) is 6.40. The first-order valence-electron chi connectivity index (χ1n) is 10.5. The smallest absolute Gasteiger partial charge is 0.340 e.